The van der Waals surface area contributed by atoms with Crippen molar-refractivity contribution in [3.63, 3.8) is 0 Å². The molecule has 0 bridgehead atoms. The van der Waals surface area contributed by atoms with Crippen LogP contribution in [0, 0.1) is 0 Å². The van der Waals surface area contributed by atoms with Gasteiger partial charge in [0.1, 0.15) is 6.04 Å². The van der Waals surface area contributed by atoms with Gasteiger partial charge in [-0.1, -0.05) is 54.1 Å². The molecule has 7 nitrogen and oxygen atoms in total. The first-order valence-electron chi connectivity index (χ1n) is 11.4. The summed E-state index contributed by atoms with van der Waals surface area (Å²) in [6.07, 6.45) is 1.79. The van der Waals surface area contributed by atoms with E-state index in [0.29, 0.717) is 34.3 Å². The minimum atomic E-state index is -0.970. The van der Waals surface area contributed by atoms with Crippen LogP contribution in [0.2, 0.25) is 5.02 Å². The lowest BCUT2D eigenvalue weighted by Crippen LogP contribution is -2.48. The Morgan fingerprint density at radius 1 is 1.06 bits per heavy atom. The third-order valence-corrected chi connectivity index (χ3v) is 6.75. The van der Waals surface area contributed by atoms with Crippen molar-refractivity contribution in [2.45, 2.75) is 25.0 Å². The van der Waals surface area contributed by atoms with Crippen LogP contribution >= 0.6 is 22.9 Å². The van der Waals surface area contributed by atoms with E-state index in [2.05, 4.69) is 10.6 Å². The Morgan fingerprint density at radius 2 is 1.89 bits per heavy atom. The Morgan fingerprint density at radius 3 is 2.57 bits per heavy atom. The second-order valence-electron chi connectivity index (χ2n) is 8.10. The number of thiophene rings is 1. The minimum absolute atomic E-state index is 0.0456. The van der Waals surface area contributed by atoms with Gasteiger partial charge in [0.2, 0.25) is 11.8 Å². The fourth-order valence-corrected chi connectivity index (χ4v) is 4.79. The highest BCUT2D eigenvalue weighted by molar-refractivity contribution is 7.12. The van der Waals surface area contributed by atoms with Gasteiger partial charge in [0.15, 0.2) is 0 Å². The highest BCUT2D eigenvalue weighted by Gasteiger charge is 2.33. The van der Waals surface area contributed by atoms with E-state index >= 15 is 0 Å². The largest absolute Gasteiger partial charge is 0.376 e. The molecule has 2 N–H and O–H groups in total. The molecule has 3 aromatic rings. The Bertz CT molecular complexity index is 1150. The van der Waals surface area contributed by atoms with Crippen LogP contribution in [0.15, 0.2) is 72.1 Å². The minimum Gasteiger partial charge on any atom is -0.376 e. The van der Waals surface area contributed by atoms with E-state index in [9.17, 15) is 14.4 Å². The number of rotatable bonds is 9. The number of carbonyl (C=O) groups excluding carboxylic acids is 3. The molecule has 0 radical (unpaired) electrons. The molecular weight excluding hydrogens is 486 g/mol. The molecule has 3 amide bonds. The van der Waals surface area contributed by atoms with Gasteiger partial charge in [-0.25, -0.2) is 0 Å². The molecular formula is C26H26ClN3O4S. The average molecular weight is 512 g/mol. The van der Waals surface area contributed by atoms with Gasteiger partial charge in [0.05, 0.1) is 17.5 Å². The molecule has 1 fully saturated rings. The van der Waals surface area contributed by atoms with Gasteiger partial charge in [-0.2, -0.15) is 0 Å². The number of benzene rings is 2. The molecule has 9 heteroatoms. The van der Waals surface area contributed by atoms with Crippen molar-refractivity contribution >= 4 is 46.3 Å². The Kier molecular flexibility index (Phi) is 8.52. The van der Waals surface area contributed by atoms with Crippen molar-refractivity contribution in [2.75, 3.05) is 24.6 Å². The van der Waals surface area contributed by atoms with Crippen LogP contribution in [0.4, 0.5) is 5.69 Å². The van der Waals surface area contributed by atoms with Gasteiger partial charge in [-0.05, 0) is 48.1 Å². The molecule has 2 atom stereocenters. The molecule has 1 aliphatic rings. The smallest absolute Gasteiger partial charge is 0.261 e. The SMILES string of the molecule is O=C(NCC(=O)N(c1cccc(Cl)c1)C(C(=O)NCC1CCCO1)c1ccccc1)c1cccs1. The molecule has 182 valence electrons. The number of hydrogen-bond donors (Lipinski definition) is 2. The maximum atomic E-state index is 13.6. The van der Waals surface area contributed by atoms with Crippen LogP contribution in [-0.4, -0.2) is 43.5 Å². The lowest BCUT2D eigenvalue weighted by Gasteiger charge is -2.32. The number of carbonyl (C=O) groups is 3. The second kappa shape index (κ2) is 12.0. The zero-order valence-corrected chi connectivity index (χ0v) is 20.6. The van der Waals surface area contributed by atoms with Gasteiger partial charge in [0, 0.05) is 23.9 Å². The molecule has 0 spiro atoms. The number of nitrogens with zero attached hydrogens (tertiary/aromatic N) is 1. The lowest BCUT2D eigenvalue weighted by atomic mass is 10.0. The summed E-state index contributed by atoms with van der Waals surface area (Å²) in [7, 11) is 0. The summed E-state index contributed by atoms with van der Waals surface area (Å²) in [4.78, 5) is 41.5. The highest BCUT2D eigenvalue weighted by atomic mass is 35.5. The monoisotopic (exact) mass is 511 g/mol. The molecule has 2 aromatic carbocycles. The molecule has 0 saturated carbocycles. The normalized spacial score (nSPS) is 15.9. The predicted molar refractivity (Wildman–Crippen MR) is 137 cm³/mol. The van der Waals surface area contributed by atoms with Gasteiger partial charge in [-0.15, -0.1) is 11.3 Å². The van der Waals surface area contributed by atoms with E-state index in [1.165, 1.54) is 16.2 Å². The van der Waals surface area contributed by atoms with Crippen LogP contribution in [-0.2, 0) is 14.3 Å². The van der Waals surface area contributed by atoms with Crippen molar-refractivity contribution in [1.29, 1.82) is 0 Å². The van der Waals surface area contributed by atoms with Crippen molar-refractivity contribution in [2.24, 2.45) is 0 Å². The van der Waals surface area contributed by atoms with Crippen LogP contribution < -0.4 is 15.5 Å². The molecule has 1 aliphatic heterocycles. The molecule has 35 heavy (non-hydrogen) atoms. The molecule has 4 rings (SSSR count). The van der Waals surface area contributed by atoms with Crippen LogP contribution in [0.5, 0.6) is 0 Å². The molecule has 1 saturated heterocycles. The first-order chi connectivity index (χ1) is 17.0. The van der Waals surface area contributed by atoms with E-state index in [-0.39, 0.29) is 24.5 Å². The lowest BCUT2D eigenvalue weighted by molar-refractivity contribution is -0.126. The molecule has 0 aliphatic carbocycles. The zero-order chi connectivity index (χ0) is 24.6. The summed E-state index contributed by atoms with van der Waals surface area (Å²) in [5.74, 6) is -1.14. The van der Waals surface area contributed by atoms with Crippen molar-refractivity contribution in [1.82, 2.24) is 10.6 Å². The number of amides is 3. The fraction of sp³-hybridized carbons (Fsp3) is 0.269. The summed E-state index contributed by atoms with van der Waals surface area (Å²) in [5, 5.41) is 7.84. The Hall–Kier alpha value is -3.20. The Balaban J connectivity index is 1.63. The third kappa shape index (κ3) is 6.48. The summed E-state index contributed by atoms with van der Waals surface area (Å²) >= 11 is 7.53. The zero-order valence-electron chi connectivity index (χ0n) is 19.0. The van der Waals surface area contributed by atoms with Crippen LogP contribution in [0.3, 0.4) is 0 Å². The predicted octanol–water partition coefficient (Wildman–Crippen LogP) is 4.20. The van der Waals surface area contributed by atoms with Crippen molar-refractivity contribution < 1.29 is 19.1 Å². The van der Waals surface area contributed by atoms with Crippen molar-refractivity contribution in [3.8, 4) is 0 Å². The summed E-state index contributed by atoms with van der Waals surface area (Å²) in [5.41, 5.74) is 1.09. The first-order valence-corrected chi connectivity index (χ1v) is 12.6. The molecule has 2 unspecified atom stereocenters. The first kappa shape index (κ1) is 24.9. The average Bonchev–Trinajstić information content (AvgIpc) is 3.59. The number of anilines is 1. The highest BCUT2D eigenvalue weighted by Crippen LogP contribution is 2.30. The van der Waals surface area contributed by atoms with Crippen molar-refractivity contribution in [3.05, 3.63) is 87.6 Å². The van der Waals surface area contributed by atoms with Crippen LogP contribution in [0.1, 0.15) is 34.1 Å². The van der Waals surface area contributed by atoms with Gasteiger partial charge in [0.25, 0.3) is 5.91 Å². The van der Waals surface area contributed by atoms with E-state index < -0.39 is 11.9 Å². The summed E-state index contributed by atoms with van der Waals surface area (Å²) in [6.45, 7) is 0.750. The van der Waals surface area contributed by atoms with E-state index in [1.54, 1.807) is 53.9 Å². The van der Waals surface area contributed by atoms with Gasteiger partial charge < -0.3 is 15.4 Å². The van der Waals surface area contributed by atoms with Gasteiger partial charge in [-0.3, -0.25) is 19.3 Å². The van der Waals surface area contributed by atoms with E-state index in [0.717, 1.165) is 12.8 Å². The van der Waals surface area contributed by atoms with E-state index in [4.69, 9.17) is 16.3 Å². The number of halogens is 1. The number of ether oxygens (including phenoxy) is 1. The van der Waals surface area contributed by atoms with Crippen LogP contribution in [0.25, 0.3) is 0 Å². The quantitative estimate of drug-likeness (QED) is 0.450. The molecule has 2 heterocycles. The standard InChI is InChI=1S/C26H26ClN3O4S/c27-19-9-4-10-20(15-19)30(23(31)17-29-25(32)22-12-6-14-35-22)24(18-7-2-1-3-8-18)26(33)28-16-21-11-5-13-34-21/h1-4,6-10,12,14-15,21,24H,5,11,13,16-17H2,(H,28,33)(H,29,32). The third-order valence-electron chi connectivity index (χ3n) is 5.65. The van der Waals surface area contributed by atoms with Gasteiger partial charge >= 0.3 is 0 Å². The maximum Gasteiger partial charge on any atom is 0.261 e. The molecule has 1 aromatic heterocycles. The van der Waals surface area contributed by atoms with E-state index in [1.807, 2.05) is 18.2 Å². The fourth-order valence-electron chi connectivity index (χ4n) is 3.97. The second-order valence-corrected chi connectivity index (χ2v) is 9.48. The topological polar surface area (TPSA) is 87.7 Å². The summed E-state index contributed by atoms with van der Waals surface area (Å²) < 4.78 is 5.64. The Labute approximate surface area is 213 Å². The maximum absolute atomic E-state index is 13.6. The number of hydrogen-bond acceptors (Lipinski definition) is 5. The summed E-state index contributed by atoms with van der Waals surface area (Å²) in [6, 6.07) is 18.3. The number of nitrogens with one attached hydrogen (secondary N) is 2.